The molecule has 8 rings (SSSR count). The van der Waals surface area contributed by atoms with Gasteiger partial charge in [0.1, 0.15) is 0 Å². The van der Waals surface area contributed by atoms with Crippen LogP contribution in [0.15, 0.2) is 116 Å². The highest BCUT2D eigenvalue weighted by atomic mass is 28.4. The lowest BCUT2D eigenvalue weighted by Crippen LogP contribution is -2.44. The normalized spacial score (nSPS) is 21.5. The van der Waals surface area contributed by atoms with E-state index in [4.69, 9.17) is 4.74 Å². The molecule has 2 aliphatic heterocycles. The van der Waals surface area contributed by atoms with Crippen LogP contribution in [0.4, 0.5) is 21.2 Å². The number of fused-ring (bicyclic) bond motifs is 3. The molecule has 2 aromatic heterocycles. The number of para-hydroxylation sites is 2. The lowest BCUT2D eigenvalue weighted by Gasteiger charge is -2.31. The van der Waals surface area contributed by atoms with Gasteiger partial charge in [-0.1, -0.05) is 78.9 Å². The Hall–Kier alpha value is -5.43. The molecule has 0 saturated carbocycles. The summed E-state index contributed by atoms with van der Waals surface area (Å²) in [6.45, 7) is 5.54. The molecule has 4 aromatic carbocycles. The minimum atomic E-state index is -3.44. The first-order chi connectivity index (χ1) is 26.1. The minimum Gasteiger partial charge on any atom is -0.395 e. The van der Waals surface area contributed by atoms with Gasteiger partial charge in [0.15, 0.2) is 5.60 Å². The van der Waals surface area contributed by atoms with Gasteiger partial charge in [-0.25, -0.2) is 0 Å². The summed E-state index contributed by atoms with van der Waals surface area (Å²) in [5, 5.41) is 23.0. The second-order valence-electron chi connectivity index (χ2n) is 14.9. The average Bonchev–Trinajstić information content (AvgIpc) is 3.93. The second-order valence-corrected chi connectivity index (χ2v) is 18.7. The predicted octanol–water partition coefficient (Wildman–Crippen LogP) is 7.61. The zero-order valence-corrected chi connectivity index (χ0v) is 31.4. The third kappa shape index (κ3) is 6.23. The maximum atomic E-state index is 16.6. The van der Waals surface area contributed by atoms with Gasteiger partial charge in [0.25, 0.3) is 5.91 Å². The number of benzene rings is 4. The number of H-pyrrole nitrogens is 1. The van der Waals surface area contributed by atoms with E-state index >= 15 is 4.11 Å². The number of halogens is 1. The van der Waals surface area contributed by atoms with E-state index in [9.17, 15) is 14.7 Å². The number of amides is 2. The van der Waals surface area contributed by atoms with Crippen LogP contribution in [0.3, 0.4) is 0 Å². The Morgan fingerprint density at radius 3 is 2.50 bits per heavy atom. The molecule has 54 heavy (non-hydrogen) atoms. The third-order valence-electron chi connectivity index (χ3n) is 11.1. The number of ether oxygens (including phenoxy) is 1. The fraction of sp³-hybridized carbons (Fsp3) is 0.286. The van der Waals surface area contributed by atoms with Crippen molar-refractivity contribution < 1.29 is 23.5 Å². The first-order valence-corrected chi connectivity index (χ1v) is 21.4. The number of aromatic amines is 1. The van der Waals surface area contributed by atoms with Crippen molar-refractivity contribution in [1.29, 1.82) is 0 Å². The number of nitrogens with one attached hydrogen (secondary N) is 2. The van der Waals surface area contributed by atoms with Crippen LogP contribution in [0.2, 0.25) is 18.6 Å². The van der Waals surface area contributed by atoms with E-state index in [1.54, 1.807) is 28.7 Å². The van der Waals surface area contributed by atoms with Crippen molar-refractivity contribution in [2.45, 2.75) is 62.6 Å². The Labute approximate surface area is 314 Å². The third-order valence-corrected chi connectivity index (χ3v) is 13.6. The predicted molar refractivity (Wildman–Crippen MR) is 209 cm³/mol. The fourth-order valence-corrected chi connectivity index (χ4v) is 11.2. The Kier molecular flexibility index (Phi) is 9.28. The van der Waals surface area contributed by atoms with Crippen LogP contribution in [-0.2, 0) is 32.9 Å². The molecule has 0 aliphatic carbocycles. The molecule has 5 atom stereocenters. The van der Waals surface area contributed by atoms with Gasteiger partial charge in [-0.15, -0.1) is 5.10 Å². The highest BCUT2D eigenvalue weighted by molar-refractivity contribution is 6.72. The van der Waals surface area contributed by atoms with E-state index in [-0.39, 0.29) is 30.8 Å². The van der Waals surface area contributed by atoms with Crippen LogP contribution >= 0.6 is 0 Å². The number of aliphatic hydroxyl groups is 1. The van der Waals surface area contributed by atoms with Gasteiger partial charge in [0.2, 0.25) is 14.3 Å². The van der Waals surface area contributed by atoms with Crippen LogP contribution in [-0.4, -0.2) is 58.0 Å². The Balaban J connectivity index is 1.11. The van der Waals surface area contributed by atoms with Gasteiger partial charge >= 0.3 is 0 Å². The number of carbonyl (C=O) groups excluding carboxylic acids is 2. The molecule has 1 unspecified atom stereocenters. The van der Waals surface area contributed by atoms with E-state index in [0.717, 1.165) is 22.0 Å². The monoisotopic (exact) mass is 742 g/mol. The summed E-state index contributed by atoms with van der Waals surface area (Å²) >= 11 is 0. The maximum Gasteiger partial charge on any atom is 0.268 e. The molecule has 2 aliphatic rings. The topological polar surface area (TPSA) is 125 Å². The average molecular weight is 743 g/mol. The Morgan fingerprint density at radius 2 is 1.76 bits per heavy atom. The van der Waals surface area contributed by atoms with Gasteiger partial charge < -0.3 is 24.3 Å². The number of hydrogen-bond donors (Lipinski definition) is 3. The van der Waals surface area contributed by atoms with Gasteiger partial charge in [-0.05, 0) is 67.0 Å². The van der Waals surface area contributed by atoms with Crippen molar-refractivity contribution in [2.24, 2.45) is 5.92 Å². The van der Waals surface area contributed by atoms with Gasteiger partial charge in [0.05, 0.1) is 36.4 Å². The van der Waals surface area contributed by atoms with Crippen LogP contribution in [0.1, 0.15) is 41.6 Å². The highest BCUT2D eigenvalue weighted by Gasteiger charge is 2.67. The zero-order valence-electron chi connectivity index (χ0n) is 30.4. The molecule has 1 saturated heterocycles. The van der Waals surface area contributed by atoms with Crippen molar-refractivity contribution in [3.05, 3.63) is 138 Å². The summed E-state index contributed by atoms with van der Waals surface area (Å²) in [7, 11) is -3.44. The van der Waals surface area contributed by atoms with Crippen LogP contribution in [0.25, 0.3) is 10.9 Å². The van der Waals surface area contributed by atoms with Gasteiger partial charge in [-0.2, -0.15) is 0 Å². The molecule has 6 aromatic rings. The molecular formula is C42H43FN6O4Si. The van der Waals surface area contributed by atoms with Gasteiger partial charge in [0, 0.05) is 58.2 Å². The van der Waals surface area contributed by atoms with E-state index in [1.807, 2.05) is 116 Å². The summed E-state index contributed by atoms with van der Waals surface area (Å²) < 4.78 is 25.3. The smallest absolute Gasteiger partial charge is 0.268 e. The van der Waals surface area contributed by atoms with Crippen molar-refractivity contribution in [3.8, 4) is 0 Å². The first kappa shape index (κ1) is 35.6. The molecule has 12 heteroatoms. The van der Waals surface area contributed by atoms with E-state index in [2.05, 4.69) is 20.6 Å². The summed E-state index contributed by atoms with van der Waals surface area (Å²) in [6.07, 6.45) is 3.62. The van der Waals surface area contributed by atoms with Crippen molar-refractivity contribution >= 4 is 48.2 Å². The number of anilines is 3. The summed E-state index contributed by atoms with van der Waals surface area (Å²) in [6, 6.07) is 32.4. The maximum absolute atomic E-state index is 16.6. The van der Waals surface area contributed by atoms with Gasteiger partial charge in [-0.3, -0.25) is 19.2 Å². The molecular weight excluding hydrogens is 700 g/mol. The molecule has 4 heterocycles. The number of nitrogens with zero attached hydrogens (tertiary/aromatic N) is 4. The van der Waals surface area contributed by atoms with E-state index in [1.165, 1.54) is 0 Å². The van der Waals surface area contributed by atoms with Crippen molar-refractivity contribution in [2.75, 3.05) is 16.8 Å². The van der Waals surface area contributed by atoms with Crippen molar-refractivity contribution in [3.63, 3.8) is 0 Å². The summed E-state index contributed by atoms with van der Waals surface area (Å²) in [5.41, 5.74) is 3.85. The number of aromatic nitrogens is 4. The second kappa shape index (κ2) is 14.1. The standard InChI is InChI=1S/C42H43FN6O4Si/c1-27-40(54(2,3)43)38(20-21-48-25-36(46-47-48)33(26-50)28-12-6-4-7-13-28)53-42(27)34-23-30(18-19-37(34)49(41(42)52)31-14-8-5-9-15-31)45-39(51)22-29-24-44-35-17-11-10-16-32(29)35/h4-19,23-25,27,33,38,40,44,50H,20-22,26H2,1-3H3,(H,45,51)/t27-,33?,38+,40-,42+/m0/s1. The molecule has 10 nitrogen and oxygen atoms in total. The van der Waals surface area contributed by atoms with Crippen molar-refractivity contribution in [1.82, 2.24) is 20.0 Å². The van der Waals surface area contributed by atoms with Crippen LogP contribution in [0, 0.1) is 5.92 Å². The fourth-order valence-electron chi connectivity index (χ4n) is 8.71. The minimum absolute atomic E-state index is 0.122. The first-order valence-electron chi connectivity index (χ1n) is 18.4. The molecule has 3 N–H and O–H groups in total. The quantitative estimate of drug-likeness (QED) is 0.0928. The number of carbonyl (C=O) groups is 2. The summed E-state index contributed by atoms with van der Waals surface area (Å²) in [5.74, 6) is -1.32. The highest BCUT2D eigenvalue weighted by Crippen LogP contribution is 2.61. The molecule has 0 bridgehead atoms. The lowest BCUT2D eigenvalue weighted by atomic mass is 9.82. The zero-order chi connectivity index (χ0) is 37.6. The summed E-state index contributed by atoms with van der Waals surface area (Å²) in [4.78, 5) is 33.3. The lowest BCUT2D eigenvalue weighted by molar-refractivity contribution is -0.145. The van der Waals surface area contributed by atoms with Crippen LogP contribution in [0.5, 0.6) is 0 Å². The number of rotatable bonds is 11. The molecule has 1 spiro atoms. The Bertz CT molecular complexity index is 2310. The largest absolute Gasteiger partial charge is 0.395 e. The van der Waals surface area contributed by atoms with Crippen LogP contribution < -0.4 is 10.2 Å². The Morgan fingerprint density at radius 1 is 1.04 bits per heavy atom. The number of aryl methyl sites for hydroxylation is 1. The number of hydrogen-bond acceptors (Lipinski definition) is 6. The molecule has 0 radical (unpaired) electrons. The molecule has 2 amide bonds. The molecule has 276 valence electrons. The molecule has 1 fully saturated rings. The van der Waals surface area contributed by atoms with E-state index < -0.39 is 31.6 Å². The van der Waals surface area contributed by atoms with E-state index in [0.29, 0.717) is 41.3 Å². The SMILES string of the molecule is C[C@H]1[C@H]([Si](C)(C)F)[C@@H](CCn2cc(C(CO)c3ccccc3)nn2)O[C@]12C(=O)N(c1ccccc1)c1ccc(NC(=O)Cc3c[nH]c4ccccc34)cc12. The number of aliphatic hydroxyl groups excluding tert-OH is 1.